The summed E-state index contributed by atoms with van der Waals surface area (Å²) in [6.07, 6.45) is 3.23. The average Bonchev–Trinajstić information content (AvgIpc) is 2.63. The fourth-order valence-corrected chi connectivity index (χ4v) is 2.98. The van der Waals surface area contributed by atoms with E-state index in [-0.39, 0.29) is 17.9 Å². The fraction of sp³-hybridized carbons (Fsp3) is 0.800. The summed E-state index contributed by atoms with van der Waals surface area (Å²) in [5.74, 6) is -0.435. The van der Waals surface area contributed by atoms with Crippen molar-refractivity contribution in [1.82, 2.24) is 4.90 Å². The van der Waals surface area contributed by atoms with Crippen molar-refractivity contribution in [3.8, 4) is 0 Å². The lowest BCUT2D eigenvalue weighted by molar-refractivity contribution is -0.153. The van der Waals surface area contributed by atoms with Gasteiger partial charge in [-0.05, 0) is 25.7 Å². The number of carbonyl (C=O) groups is 2. The second kappa shape index (κ2) is 4.04. The second-order valence-electron chi connectivity index (χ2n) is 4.29. The predicted molar refractivity (Wildman–Crippen MR) is 57.9 cm³/mol. The minimum Gasteiger partial charge on any atom is -0.480 e. The van der Waals surface area contributed by atoms with Gasteiger partial charge in [-0.25, -0.2) is 4.79 Å². The van der Waals surface area contributed by atoms with E-state index in [2.05, 4.69) is 12.6 Å². The van der Waals surface area contributed by atoms with Gasteiger partial charge in [-0.2, -0.15) is 12.6 Å². The lowest BCUT2D eigenvalue weighted by atomic mass is 9.94. The minimum absolute atomic E-state index is 0.00819. The molecule has 0 aromatic carbocycles. The summed E-state index contributed by atoms with van der Waals surface area (Å²) in [5, 5.41) is 9.02. The lowest BCUT2D eigenvalue weighted by Crippen LogP contribution is -2.51. The monoisotopic (exact) mass is 229 g/mol. The molecule has 2 saturated heterocycles. The smallest absolute Gasteiger partial charge is 0.326 e. The highest BCUT2D eigenvalue weighted by molar-refractivity contribution is 7.80. The third-order valence-corrected chi connectivity index (χ3v) is 3.90. The molecule has 0 saturated carbocycles. The molecule has 3 atom stereocenters. The van der Waals surface area contributed by atoms with Gasteiger partial charge in [0.1, 0.15) is 6.04 Å². The molecule has 0 aliphatic carbocycles. The van der Waals surface area contributed by atoms with Crippen LogP contribution >= 0.6 is 12.6 Å². The molecule has 2 fully saturated rings. The van der Waals surface area contributed by atoms with E-state index in [0.717, 1.165) is 19.3 Å². The summed E-state index contributed by atoms with van der Waals surface area (Å²) in [6, 6.07) is -0.431. The highest BCUT2D eigenvalue weighted by Crippen LogP contribution is 2.35. The van der Waals surface area contributed by atoms with Crippen molar-refractivity contribution in [1.29, 1.82) is 0 Å². The van der Waals surface area contributed by atoms with E-state index in [9.17, 15) is 9.59 Å². The van der Waals surface area contributed by atoms with Gasteiger partial charge in [-0.3, -0.25) is 4.79 Å². The van der Waals surface area contributed by atoms with Crippen molar-refractivity contribution in [2.75, 3.05) is 5.75 Å². The molecule has 0 spiro atoms. The van der Waals surface area contributed by atoms with E-state index in [1.54, 1.807) is 4.90 Å². The zero-order valence-electron chi connectivity index (χ0n) is 8.43. The average molecular weight is 229 g/mol. The molecule has 4 nitrogen and oxygen atoms in total. The first kappa shape index (κ1) is 10.8. The van der Waals surface area contributed by atoms with E-state index in [4.69, 9.17) is 5.11 Å². The highest BCUT2D eigenvalue weighted by Gasteiger charge is 2.45. The molecule has 0 aromatic rings. The summed E-state index contributed by atoms with van der Waals surface area (Å²) in [6.45, 7) is 0. The van der Waals surface area contributed by atoms with Crippen LogP contribution < -0.4 is 0 Å². The van der Waals surface area contributed by atoms with E-state index in [0.29, 0.717) is 12.2 Å². The number of amides is 1. The van der Waals surface area contributed by atoms with Crippen LogP contribution in [0, 0.1) is 5.92 Å². The Bertz CT molecular complexity index is 294. The number of carboxylic acid groups (broad SMARTS) is 1. The van der Waals surface area contributed by atoms with Crippen LogP contribution in [0.25, 0.3) is 0 Å². The van der Waals surface area contributed by atoms with Crippen LogP contribution in [0.15, 0.2) is 0 Å². The zero-order chi connectivity index (χ0) is 11.0. The number of piperidine rings is 1. The van der Waals surface area contributed by atoms with Crippen molar-refractivity contribution in [2.45, 2.75) is 37.8 Å². The van der Waals surface area contributed by atoms with Crippen LogP contribution in [0.3, 0.4) is 0 Å². The van der Waals surface area contributed by atoms with Crippen LogP contribution in [0.5, 0.6) is 0 Å². The Kier molecular flexibility index (Phi) is 2.91. The van der Waals surface area contributed by atoms with E-state index >= 15 is 0 Å². The summed E-state index contributed by atoms with van der Waals surface area (Å²) < 4.78 is 0. The zero-order valence-corrected chi connectivity index (χ0v) is 9.32. The predicted octanol–water partition coefficient (Wildman–Crippen LogP) is 0.770. The number of rotatable bonds is 2. The molecule has 0 radical (unpaired) electrons. The summed E-state index contributed by atoms with van der Waals surface area (Å²) >= 11 is 4.14. The minimum atomic E-state index is -0.870. The Labute approximate surface area is 94.0 Å². The number of carbonyl (C=O) groups excluding carboxylic acids is 1. The Morgan fingerprint density at radius 2 is 2.07 bits per heavy atom. The Balaban J connectivity index is 2.18. The molecule has 3 unspecified atom stereocenters. The molecular weight excluding hydrogens is 214 g/mol. The van der Waals surface area contributed by atoms with Crippen LogP contribution in [0.1, 0.15) is 25.7 Å². The van der Waals surface area contributed by atoms with Gasteiger partial charge >= 0.3 is 5.97 Å². The maximum atomic E-state index is 12.0. The van der Waals surface area contributed by atoms with E-state index in [1.165, 1.54) is 0 Å². The third kappa shape index (κ3) is 1.73. The normalized spacial score (nSPS) is 35.4. The van der Waals surface area contributed by atoms with Gasteiger partial charge < -0.3 is 10.0 Å². The Hall–Kier alpha value is -0.710. The topological polar surface area (TPSA) is 57.6 Å². The largest absolute Gasteiger partial charge is 0.480 e. The molecule has 15 heavy (non-hydrogen) atoms. The highest BCUT2D eigenvalue weighted by atomic mass is 32.1. The number of fused-ring (bicyclic) bond motifs is 1. The van der Waals surface area contributed by atoms with E-state index in [1.807, 2.05) is 0 Å². The number of nitrogens with zero attached hydrogens (tertiary/aromatic N) is 1. The molecule has 2 aliphatic heterocycles. The summed E-state index contributed by atoms with van der Waals surface area (Å²) in [4.78, 5) is 24.5. The number of aliphatic carboxylic acids is 1. The van der Waals surface area contributed by atoms with Crippen LogP contribution in [0.4, 0.5) is 0 Å². The van der Waals surface area contributed by atoms with Crippen molar-refractivity contribution < 1.29 is 14.7 Å². The molecule has 2 rings (SSSR count). The van der Waals surface area contributed by atoms with Gasteiger partial charge in [0.2, 0.25) is 5.91 Å². The van der Waals surface area contributed by atoms with Gasteiger partial charge in [-0.15, -0.1) is 0 Å². The maximum absolute atomic E-state index is 12.0. The summed E-state index contributed by atoms with van der Waals surface area (Å²) in [7, 11) is 0. The first-order chi connectivity index (χ1) is 7.15. The first-order valence-corrected chi connectivity index (χ1v) is 5.94. The van der Waals surface area contributed by atoms with Crippen molar-refractivity contribution >= 4 is 24.5 Å². The standard InChI is InChI=1S/C10H15NO3S/c12-9-6(5-15)1-2-7-3-4-8(10(13)14)11(7)9/h6-8,15H,1-5H2,(H,13,14). The molecular formula is C10H15NO3S. The molecule has 84 valence electrons. The molecule has 0 aromatic heterocycles. The third-order valence-electron chi connectivity index (χ3n) is 3.46. The number of hydrogen-bond donors (Lipinski definition) is 2. The van der Waals surface area contributed by atoms with E-state index < -0.39 is 12.0 Å². The van der Waals surface area contributed by atoms with Crippen molar-refractivity contribution in [3.05, 3.63) is 0 Å². The molecule has 5 heteroatoms. The lowest BCUT2D eigenvalue weighted by Gasteiger charge is -2.36. The van der Waals surface area contributed by atoms with Gasteiger partial charge in [0, 0.05) is 17.7 Å². The number of thiol groups is 1. The molecule has 0 bridgehead atoms. The molecule has 1 amide bonds. The number of hydrogen-bond acceptors (Lipinski definition) is 3. The molecule has 2 heterocycles. The van der Waals surface area contributed by atoms with Gasteiger partial charge in [0.25, 0.3) is 0 Å². The maximum Gasteiger partial charge on any atom is 0.326 e. The van der Waals surface area contributed by atoms with Gasteiger partial charge in [-0.1, -0.05) is 0 Å². The Morgan fingerprint density at radius 1 is 1.40 bits per heavy atom. The van der Waals surface area contributed by atoms with Crippen LogP contribution in [0.2, 0.25) is 0 Å². The number of carboxylic acids is 1. The quantitative estimate of drug-likeness (QED) is 0.688. The van der Waals surface area contributed by atoms with Gasteiger partial charge in [0.05, 0.1) is 0 Å². The fourth-order valence-electron chi connectivity index (χ4n) is 2.64. The molecule has 2 aliphatic rings. The van der Waals surface area contributed by atoms with Crippen molar-refractivity contribution in [3.63, 3.8) is 0 Å². The van der Waals surface area contributed by atoms with Crippen LogP contribution in [-0.2, 0) is 9.59 Å². The van der Waals surface area contributed by atoms with Crippen LogP contribution in [-0.4, -0.2) is 39.7 Å². The first-order valence-electron chi connectivity index (χ1n) is 5.31. The van der Waals surface area contributed by atoms with Crippen molar-refractivity contribution in [2.24, 2.45) is 5.92 Å². The second-order valence-corrected chi connectivity index (χ2v) is 4.65. The molecule has 1 N–H and O–H groups in total. The van der Waals surface area contributed by atoms with Gasteiger partial charge in [0.15, 0.2) is 0 Å². The Morgan fingerprint density at radius 3 is 2.67 bits per heavy atom. The SMILES string of the molecule is O=C(O)C1CCC2CCC(CS)C(=O)N21. The summed E-state index contributed by atoms with van der Waals surface area (Å²) in [5.41, 5.74) is 0.